The van der Waals surface area contributed by atoms with E-state index in [-0.39, 0.29) is 5.97 Å². The molecule has 3 aromatic carbocycles. The molecule has 0 amide bonds. The molecule has 0 heterocycles. The van der Waals surface area contributed by atoms with Crippen LogP contribution >= 0.6 is 0 Å². The number of hydrogen-bond acceptors (Lipinski definition) is 2. The Bertz CT molecular complexity index is 829. The molecule has 0 aliphatic carbocycles. The van der Waals surface area contributed by atoms with Crippen molar-refractivity contribution in [1.29, 1.82) is 0 Å². The highest BCUT2D eigenvalue weighted by Gasteiger charge is 2.02. The fourth-order valence-corrected chi connectivity index (χ4v) is 2.34. The van der Waals surface area contributed by atoms with Crippen molar-refractivity contribution in [1.82, 2.24) is 0 Å². The Balaban J connectivity index is 1.63. The van der Waals surface area contributed by atoms with Gasteiger partial charge in [0.1, 0.15) is 5.75 Å². The summed E-state index contributed by atoms with van der Waals surface area (Å²) < 4.78 is 5.32. The molecule has 2 heteroatoms. The van der Waals surface area contributed by atoms with Crippen molar-refractivity contribution >= 4 is 12.0 Å². The van der Waals surface area contributed by atoms with E-state index in [1.165, 1.54) is 11.6 Å². The Morgan fingerprint density at radius 3 is 2.08 bits per heavy atom. The lowest BCUT2D eigenvalue weighted by molar-refractivity contribution is -0.128. The topological polar surface area (TPSA) is 26.3 Å². The molecule has 0 N–H and O–H groups in total. The molecule has 0 saturated carbocycles. The second-order valence-electron chi connectivity index (χ2n) is 5.56. The van der Waals surface area contributed by atoms with Gasteiger partial charge in [0.2, 0.25) is 0 Å². The summed E-state index contributed by atoms with van der Waals surface area (Å²) >= 11 is 0. The number of rotatable bonds is 4. The van der Waals surface area contributed by atoms with Gasteiger partial charge in [-0.1, -0.05) is 72.3 Å². The molecule has 3 aromatic rings. The van der Waals surface area contributed by atoms with Crippen LogP contribution in [0.1, 0.15) is 11.1 Å². The molecular formula is C22H18O2. The molecule has 2 nitrogen and oxygen atoms in total. The van der Waals surface area contributed by atoms with E-state index in [0.717, 1.165) is 16.7 Å². The van der Waals surface area contributed by atoms with E-state index in [1.807, 2.05) is 73.7 Å². The van der Waals surface area contributed by atoms with Gasteiger partial charge in [0.05, 0.1) is 0 Å². The van der Waals surface area contributed by atoms with Gasteiger partial charge < -0.3 is 4.74 Å². The summed E-state index contributed by atoms with van der Waals surface area (Å²) in [7, 11) is 0. The van der Waals surface area contributed by atoms with E-state index in [2.05, 4.69) is 0 Å². The average Bonchev–Trinajstić information content (AvgIpc) is 2.63. The smallest absolute Gasteiger partial charge is 0.336 e. The van der Waals surface area contributed by atoms with Crippen LogP contribution in [0, 0.1) is 6.92 Å². The van der Waals surface area contributed by atoms with Crippen LogP contribution in [0.3, 0.4) is 0 Å². The van der Waals surface area contributed by atoms with Crippen LogP contribution < -0.4 is 4.74 Å². The number of ether oxygens (including phenoxy) is 1. The highest BCUT2D eigenvalue weighted by atomic mass is 16.5. The molecular weight excluding hydrogens is 296 g/mol. The summed E-state index contributed by atoms with van der Waals surface area (Å²) in [6.45, 7) is 2.03. The van der Waals surface area contributed by atoms with Gasteiger partial charge in [-0.15, -0.1) is 0 Å². The molecule has 0 aliphatic heterocycles. The van der Waals surface area contributed by atoms with Gasteiger partial charge in [0.25, 0.3) is 0 Å². The number of carbonyl (C=O) groups is 1. The van der Waals surface area contributed by atoms with Crippen LogP contribution in [0.2, 0.25) is 0 Å². The molecule has 0 aromatic heterocycles. The summed E-state index contributed by atoms with van der Waals surface area (Å²) in [4.78, 5) is 11.9. The minimum Gasteiger partial charge on any atom is -0.423 e. The van der Waals surface area contributed by atoms with Crippen LogP contribution in [0.25, 0.3) is 17.2 Å². The SMILES string of the molecule is Cc1ccc(/C=C/C(=O)Oc2ccc(-c3ccccc3)cc2)cc1. The van der Waals surface area contributed by atoms with E-state index in [1.54, 1.807) is 18.2 Å². The summed E-state index contributed by atoms with van der Waals surface area (Å²) in [5, 5.41) is 0. The Morgan fingerprint density at radius 2 is 1.42 bits per heavy atom. The maximum Gasteiger partial charge on any atom is 0.336 e. The lowest BCUT2D eigenvalue weighted by atomic mass is 10.1. The third kappa shape index (κ3) is 4.20. The number of carbonyl (C=O) groups excluding carboxylic acids is 1. The lowest BCUT2D eigenvalue weighted by Crippen LogP contribution is -2.03. The van der Waals surface area contributed by atoms with Crippen molar-refractivity contribution in [2.24, 2.45) is 0 Å². The zero-order chi connectivity index (χ0) is 16.8. The monoisotopic (exact) mass is 314 g/mol. The van der Waals surface area contributed by atoms with Crippen LogP contribution in [0.4, 0.5) is 0 Å². The Labute approximate surface area is 142 Å². The molecule has 0 unspecified atom stereocenters. The van der Waals surface area contributed by atoms with Crippen LogP contribution in [-0.2, 0) is 4.79 Å². The summed E-state index contributed by atoms with van der Waals surface area (Å²) in [5.41, 5.74) is 4.38. The summed E-state index contributed by atoms with van der Waals surface area (Å²) in [6.07, 6.45) is 3.19. The predicted molar refractivity (Wildman–Crippen MR) is 97.7 cm³/mol. The maximum atomic E-state index is 11.9. The van der Waals surface area contributed by atoms with Gasteiger partial charge in [-0.2, -0.15) is 0 Å². The minimum atomic E-state index is -0.386. The van der Waals surface area contributed by atoms with Crippen molar-refractivity contribution in [2.75, 3.05) is 0 Å². The van der Waals surface area contributed by atoms with E-state index in [0.29, 0.717) is 5.75 Å². The molecule has 0 bridgehead atoms. The Kier molecular flexibility index (Phi) is 4.87. The number of benzene rings is 3. The van der Waals surface area contributed by atoms with Crippen LogP contribution in [0.5, 0.6) is 5.75 Å². The van der Waals surface area contributed by atoms with Crippen LogP contribution in [0.15, 0.2) is 84.9 Å². The molecule has 0 aliphatic rings. The molecule has 0 atom stereocenters. The summed E-state index contributed by atoms with van der Waals surface area (Å²) in [6, 6.07) is 25.5. The van der Waals surface area contributed by atoms with Gasteiger partial charge >= 0.3 is 5.97 Å². The van der Waals surface area contributed by atoms with Gasteiger partial charge in [-0.05, 0) is 41.8 Å². The predicted octanol–water partition coefficient (Wildman–Crippen LogP) is 5.28. The molecule has 0 radical (unpaired) electrons. The van der Waals surface area contributed by atoms with E-state index < -0.39 is 0 Å². The van der Waals surface area contributed by atoms with E-state index in [4.69, 9.17) is 4.74 Å². The highest BCUT2D eigenvalue weighted by Crippen LogP contribution is 2.22. The first-order chi connectivity index (χ1) is 11.7. The van der Waals surface area contributed by atoms with E-state index >= 15 is 0 Å². The molecule has 0 fully saturated rings. The lowest BCUT2D eigenvalue weighted by Gasteiger charge is -2.04. The third-order valence-electron chi connectivity index (χ3n) is 3.67. The van der Waals surface area contributed by atoms with Crippen molar-refractivity contribution < 1.29 is 9.53 Å². The first-order valence-corrected chi connectivity index (χ1v) is 7.83. The van der Waals surface area contributed by atoms with Crippen molar-refractivity contribution in [2.45, 2.75) is 6.92 Å². The quantitative estimate of drug-likeness (QED) is 0.372. The molecule has 3 rings (SSSR count). The Hall–Kier alpha value is -3.13. The number of esters is 1. The Morgan fingerprint density at radius 1 is 0.792 bits per heavy atom. The van der Waals surface area contributed by atoms with Crippen LogP contribution in [-0.4, -0.2) is 5.97 Å². The normalized spacial score (nSPS) is 10.7. The largest absolute Gasteiger partial charge is 0.423 e. The van der Waals surface area contributed by atoms with Gasteiger partial charge in [0, 0.05) is 6.08 Å². The minimum absolute atomic E-state index is 0.386. The zero-order valence-electron chi connectivity index (χ0n) is 13.5. The molecule has 0 spiro atoms. The van der Waals surface area contributed by atoms with Crippen molar-refractivity contribution in [3.8, 4) is 16.9 Å². The second kappa shape index (κ2) is 7.42. The first-order valence-electron chi connectivity index (χ1n) is 7.83. The van der Waals surface area contributed by atoms with E-state index in [9.17, 15) is 4.79 Å². The molecule has 0 saturated heterocycles. The first kappa shape index (κ1) is 15.8. The number of aryl methyl sites for hydroxylation is 1. The third-order valence-corrected chi connectivity index (χ3v) is 3.67. The fourth-order valence-electron chi connectivity index (χ4n) is 2.34. The fraction of sp³-hybridized carbons (Fsp3) is 0.0455. The highest BCUT2D eigenvalue weighted by molar-refractivity contribution is 5.88. The maximum absolute atomic E-state index is 11.9. The molecule has 118 valence electrons. The second-order valence-corrected chi connectivity index (χ2v) is 5.56. The van der Waals surface area contributed by atoms with Gasteiger partial charge in [0.15, 0.2) is 0 Å². The number of hydrogen-bond donors (Lipinski definition) is 0. The zero-order valence-corrected chi connectivity index (χ0v) is 13.5. The van der Waals surface area contributed by atoms with Gasteiger partial charge in [-0.25, -0.2) is 4.79 Å². The van der Waals surface area contributed by atoms with Gasteiger partial charge in [-0.3, -0.25) is 0 Å². The average molecular weight is 314 g/mol. The standard InChI is InChI=1S/C22H18O2/c1-17-7-9-18(10-8-17)11-16-22(23)24-21-14-12-20(13-15-21)19-5-3-2-4-6-19/h2-16H,1H3/b16-11+. The van der Waals surface area contributed by atoms with Crippen molar-refractivity contribution in [3.63, 3.8) is 0 Å². The molecule has 24 heavy (non-hydrogen) atoms. The van der Waals surface area contributed by atoms with Crippen molar-refractivity contribution in [3.05, 3.63) is 96.1 Å². The summed E-state index contributed by atoms with van der Waals surface area (Å²) in [5.74, 6) is 0.149.